The van der Waals surface area contributed by atoms with Gasteiger partial charge in [-0.2, -0.15) is 9.97 Å². The van der Waals surface area contributed by atoms with Crippen LogP contribution in [0.25, 0.3) is 11.2 Å². The van der Waals surface area contributed by atoms with Crippen molar-refractivity contribution in [1.29, 1.82) is 0 Å². The zero-order valence-corrected chi connectivity index (χ0v) is 9.62. The van der Waals surface area contributed by atoms with Gasteiger partial charge in [-0.25, -0.2) is 4.98 Å². The normalized spacial score (nSPS) is 17.6. The van der Waals surface area contributed by atoms with Crippen LogP contribution in [0, 0.1) is 5.92 Å². The van der Waals surface area contributed by atoms with Crippen LogP contribution in [0.5, 0.6) is 0 Å². The predicted octanol–water partition coefficient (Wildman–Crippen LogP) is 2.22. The summed E-state index contributed by atoms with van der Waals surface area (Å²) in [4.78, 5) is 15.3. The van der Waals surface area contributed by atoms with Crippen LogP contribution >= 0.6 is 11.6 Å². The van der Waals surface area contributed by atoms with Crippen molar-refractivity contribution in [2.45, 2.75) is 25.8 Å². The van der Waals surface area contributed by atoms with Crippen molar-refractivity contribution in [3.63, 3.8) is 0 Å². The molecular formula is C10H12ClN5. The Morgan fingerprint density at radius 2 is 2.31 bits per heavy atom. The predicted molar refractivity (Wildman–Crippen MR) is 62.5 cm³/mol. The number of nitrogens with zero attached hydrogens (tertiary/aromatic N) is 3. The molecule has 0 amide bonds. The number of fused-ring (bicyclic) bond motifs is 1. The summed E-state index contributed by atoms with van der Waals surface area (Å²) in [5.41, 5.74) is 1.42. The minimum Gasteiger partial charge on any atom is -0.365 e. The second-order valence-corrected chi connectivity index (χ2v) is 4.55. The molecular weight excluding hydrogens is 226 g/mol. The van der Waals surface area contributed by atoms with Crippen molar-refractivity contribution in [1.82, 2.24) is 19.9 Å². The molecule has 0 saturated heterocycles. The molecule has 0 aliphatic heterocycles. The van der Waals surface area contributed by atoms with Crippen LogP contribution in [-0.4, -0.2) is 26.0 Å². The number of imidazole rings is 1. The summed E-state index contributed by atoms with van der Waals surface area (Å²) in [5, 5.41) is 3.59. The maximum absolute atomic E-state index is 5.84. The molecule has 0 bridgehead atoms. The number of aromatic amines is 1. The SMILES string of the molecule is C[C@H](Nc1nc(Cl)nc2nc[nH]c12)C1CC1. The average molecular weight is 238 g/mol. The summed E-state index contributed by atoms with van der Waals surface area (Å²) in [5.74, 6) is 1.50. The first kappa shape index (κ1) is 9.84. The maximum atomic E-state index is 5.84. The highest BCUT2D eigenvalue weighted by Gasteiger charge is 2.28. The summed E-state index contributed by atoms with van der Waals surface area (Å²) in [6.45, 7) is 2.16. The summed E-state index contributed by atoms with van der Waals surface area (Å²) >= 11 is 5.84. The van der Waals surface area contributed by atoms with E-state index >= 15 is 0 Å². The number of halogens is 1. The second kappa shape index (κ2) is 3.59. The fourth-order valence-corrected chi connectivity index (χ4v) is 2.01. The minimum atomic E-state index is 0.227. The van der Waals surface area contributed by atoms with Gasteiger partial charge in [0.25, 0.3) is 0 Å². The topological polar surface area (TPSA) is 66.5 Å². The Balaban J connectivity index is 1.97. The summed E-state index contributed by atoms with van der Waals surface area (Å²) < 4.78 is 0. The Morgan fingerprint density at radius 1 is 1.50 bits per heavy atom. The van der Waals surface area contributed by atoms with Gasteiger partial charge in [-0.1, -0.05) is 0 Å². The summed E-state index contributed by atoms with van der Waals surface area (Å²) in [6, 6.07) is 0.414. The fraction of sp³-hybridized carbons (Fsp3) is 0.500. The van der Waals surface area contributed by atoms with Crippen molar-refractivity contribution < 1.29 is 0 Å². The van der Waals surface area contributed by atoms with Crippen LogP contribution in [0.1, 0.15) is 19.8 Å². The van der Waals surface area contributed by atoms with Gasteiger partial charge in [0.1, 0.15) is 5.52 Å². The molecule has 1 aliphatic rings. The lowest BCUT2D eigenvalue weighted by Crippen LogP contribution is -2.18. The van der Waals surface area contributed by atoms with Crippen molar-refractivity contribution in [3.05, 3.63) is 11.6 Å². The lowest BCUT2D eigenvalue weighted by Gasteiger charge is -2.13. The highest BCUT2D eigenvalue weighted by atomic mass is 35.5. The molecule has 84 valence electrons. The van der Waals surface area contributed by atoms with E-state index in [2.05, 4.69) is 32.2 Å². The van der Waals surface area contributed by atoms with Crippen LogP contribution in [0.4, 0.5) is 5.82 Å². The van der Waals surface area contributed by atoms with E-state index in [1.54, 1.807) is 6.33 Å². The molecule has 0 aromatic carbocycles. The molecule has 1 fully saturated rings. The van der Waals surface area contributed by atoms with E-state index in [-0.39, 0.29) is 5.28 Å². The first-order valence-electron chi connectivity index (χ1n) is 5.37. The lowest BCUT2D eigenvalue weighted by molar-refractivity contribution is 0.691. The van der Waals surface area contributed by atoms with Gasteiger partial charge in [0.15, 0.2) is 11.5 Å². The highest BCUT2D eigenvalue weighted by Crippen LogP contribution is 2.34. The largest absolute Gasteiger partial charge is 0.365 e. The molecule has 1 atom stereocenters. The zero-order chi connectivity index (χ0) is 11.1. The first-order chi connectivity index (χ1) is 7.74. The molecule has 1 saturated carbocycles. The second-order valence-electron chi connectivity index (χ2n) is 4.21. The third-order valence-corrected chi connectivity index (χ3v) is 3.12. The van der Waals surface area contributed by atoms with Crippen LogP contribution in [0.3, 0.4) is 0 Å². The molecule has 2 heterocycles. The number of aromatic nitrogens is 4. The van der Waals surface area contributed by atoms with Gasteiger partial charge >= 0.3 is 0 Å². The molecule has 16 heavy (non-hydrogen) atoms. The van der Waals surface area contributed by atoms with Gasteiger partial charge in [-0.15, -0.1) is 0 Å². The lowest BCUT2D eigenvalue weighted by atomic mass is 10.2. The van der Waals surface area contributed by atoms with Gasteiger partial charge in [-0.3, -0.25) is 0 Å². The Kier molecular flexibility index (Phi) is 2.21. The van der Waals surface area contributed by atoms with E-state index in [0.29, 0.717) is 11.7 Å². The molecule has 2 N–H and O–H groups in total. The number of hydrogen-bond donors (Lipinski definition) is 2. The third-order valence-electron chi connectivity index (χ3n) is 2.95. The maximum Gasteiger partial charge on any atom is 0.226 e. The van der Waals surface area contributed by atoms with Crippen LogP contribution < -0.4 is 5.32 Å². The molecule has 5 nitrogen and oxygen atoms in total. The van der Waals surface area contributed by atoms with E-state index in [9.17, 15) is 0 Å². The third kappa shape index (κ3) is 1.71. The van der Waals surface area contributed by atoms with Gasteiger partial charge in [-0.05, 0) is 37.3 Å². The molecule has 0 radical (unpaired) electrons. The van der Waals surface area contributed by atoms with E-state index in [4.69, 9.17) is 11.6 Å². The monoisotopic (exact) mass is 237 g/mol. The molecule has 2 aromatic rings. The molecule has 0 unspecified atom stereocenters. The van der Waals surface area contributed by atoms with Crippen molar-refractivity contribution in [2.75, 3.05) is 5.32 Å². The van der Waals surface area contributed by atoms with Gasteiger partial charge < -0.3 is 10.3 Å². The highest BCUT2D eigenvalue weighted by molar-refractivity contribution is 6.28. The van der Waals surface area contributed by atoms with Crippen molar-refractivity contribution in [2.24, 2.45) is 5.92 Å². The Morgan fingerprint density at radius 3 is 3.06 bits per heavy atom. The molecule has 1 aliphatic carbocycles. The average Bonchev–Trinajstić information content (AvgIpc) is 2.98. The standard InChI is InChI=1S/C10H12ClN5/c1-5(6-2-3-6)14-9-7-8(13-4-12-7)15-10(11)16-9/h4-6H,2-3H2,1H3,(H2,12,13,14,15,16)/t5-/m0/s1. The van der Waals surface area contributed by atoms with Gasteiger partial charge in [0.05, 0.1) is 6.33 Å². The summed E-state index contributed by atoms with van der Waals surface area (Å²) in [7, 11) is 0. The number of hydrogen-bond acceptors (Lipinski definition) is 4. The van der Waals surface area contributed by atoms with E-state index < -0.39 is 0 Å². The Hall–Kier alpha value is -1.36. The zero-order valence-electron chi connectivity index (χ0n) is 8.87. The quantitative estimate of drug-likeness (QED) is 0.804. The Bertz CT molecular complexity index is 519. The summed E-state index contributed by atoms with van der Waals surface area (Å²) in [6.07, 6.45) is 4.18. The smallest absolute Gasteiger partial charge is 0.226 e. The number of H-pyrrole nitrogens is 1. The van der Waals surface area contributed by atoms with Crippen LogP contribution in [-0.2, 0) is 0 Å². The number of anilines is 1. The fourth-order valence-electron chi connectivity index (χ4n) is 1.84. The van der Waals surface area contributed by atoms with Gasteiger partial charge in [0, 0.05) is 6.04 Å². The molecule has 0 spiro atoms. The van der Waals surface area contributed by atoms with E-state index in [1.807, 2.05) is 0 Å². The van der Waals surface area contributed by atoms with Crippen LogP contribution in [0.2, 0.25) is 5.28 Å². The Labute approximate surface area is 97.7 Å². The minimum absolute atomic E-state index is 0.227. The number of nitrogens with one attached hydrogen (secondary N) is 2. The van der Waals surface area contributed by atoms with E-state index in [0.717, 1.165) is 17.3 Å². The molecule has 6 heteroatoms. The number of rotatable bonds is 3. The molecule has 2 aromatic heterocycles. The van der Waals surface area contributed by atoms with E-state index in [1.165, 1.54) is 12.8 Å². The van der Waals surface area contributed by atoms with Crippen LogP contribution in [0.15, 0.2) is 6.33 Å². The first-order valence-corrected chi connectivity index (χ1v) is 5.75. The van der Waals surface area contributed by atoms with Gasteiger partial charge in [0.2, 0.25) is 5.28 Å². The van der Waals surface area contributed by atoms with Crippen molar-refractivity contribution in [3.8, 4) is 0 Å². The molecule has 3 rings (SSSR count). The van der Waals surface area contributed by atoms with Crippen molar-refractivity contribution >= 4 is 28.6 Å².